The predicted molar refractivity (Wildman–Crippen MR) is 128 cm³/mol. The first-order valence-electron chi connectivity index (χ1n) is 12.1. The van der Waals surface area contributed by atoms with Crippen molar-refractivity contribution in [1.82, 2.24) is 25.0 Å². The molecular formula is C26H25F2N5O5. The first kappa shape index (κ1) is 25.4. The largest absolute Gasteiger partial charge is 0.465 e. The summed E-state index contributed by atoms with van der Waals surface area (Å²) in [6, 6.07) is 8.69. The number of likely N-dealkylation sites (tertiary alicyclic amines) is 1. The topological polar surface area (TPSA) is 130 Å². The summed E-state index contributed by atoms with van der Waals surface area (Å²) >= 11 is 0. The zero-order valence-electron chi connectivity index (χ0n) is 20.7. The zero-order chi connectivity index (χ0) is 27.2. The molecule has 198 valence electrons. The van der Waals surface area contributed by atoms with Crippen molar-refractivity contribution in [3.05, 3.63) is 64.8 Å². The van der Waals surface area contributed by atoms with Gasteiger partial charge in [0, 0.05) is 24.8 Å². The summed E-state index contributed by atoms with van der Waals surface area (Å²) in [4.78, 5) is 45.0. The van der Waals surface area contributed by atoms with Crippen molar-refractivity contribution in [1.29, 1.82) is 0 Å². The molecule has 0 saturated carbocycles. The van der Waals surface area contributed by atoms with Crippen LogP contribution in [0.25, 0.3) is 11.5 Å². The molecule has 1 aromatic carbocycles. The Morgan fingerprint density at radius 3 is 2.50 bits per heavy atom. The minimum Gasteiger partial charge on any atom is -0.465 e. The van der Waals surface area contributed by atoms with Crippen LogP contribution in [0.2, 0.25) is 0 Å². The molecule has 38 heavy (non-hydrogen) atoms. The van der Waals surface area contributed by atoms with E-state index >= 15 is 0 Å². The summed E-state index contributed by atoms with van der Waals surface area (Å²) in [5.41, 5.74) is 1.82. The Morgan fingerprint density at radius 2 is 1.89 bits per heavy atom. The molecule has 3 amide bonds. The number of halogens is 2. The number of nitrogens with zero attached hydrogens (tertiary/aromatic N) is 5. The molecule has 0 spiro atoms. The van der Waals surface area contributed by atoms with E-state index in [4.69, 9.17) is 4.42 Å². The van der Waals surface area contributed by atoms with E-state index in [-0.39, 0.29) is 24.3 Å². The molecule has 0 unspecified atom stereocenters. The van der Waals surface area contributed by atoms with Gasteiger partial charge in [0.25, 0.3) is 11.8 Å². The highest BCUT2D eigenvalue weighted by molar-refractivity contribution is 6.12. The molecule has 2 aliphatic rings. The second-order valence-corrected chi connectivity index (χ2v) is 9.95. The molecule has 2 aromatic heterocycles. The normalized spacial score (nSPS) is 17.7. The van der Waals surface area contributed by atoms with E-state index < -0.39 is 29.7 Å². The van der Waals surface area contributed by atoms with Gasteiger partial charge in [-0.15, -0.1) is 10.2 Å². The third-order valence-corrected chi connectivity index (χ3v) is 7.23. The summed E-state index contributed by atoms with van der Waals surface area (Å²) in [6.07, 6.45) is -1.15. The lowest BCUT2D eigenvalue weighted by Crippen LogP contribution is -2.51. The van der Waals surface area contributed by atoms with Crippen molar-refractivity contribution in [3.63, 3.8) is 0 Å². The van der Waals surface area contributed by atoms with E-state index in [0.29, 0.717) is 48.3 Å². The average molecular weight is 526 g/mol. The molecule has 1 saturated heterocycles. The van der Waals surface area contributed by atoms with Crippen molar-refractivity contribution in [2.45, 2.75) is 51.0 Å². The molecule has 2 aliphatic heterocycles. The lowest BCUT2D eigenvalue weighted by atomic mass is 9.75. The first-order valence-corrected chi connectivity index (χ1v) is 12.1. The van der Waals surface area contributed by atoms with Crippen LogP contribution in [-0.4, -0.2) is 61.1 Å². The Hall–Kier alpha value is -4.22. The van der Waals surface area contributed by atoms with E-state index in [1.807, 2.05) is 18.2 Å². The third-order valence-electron chi connectivity index (χ3n) is 7.23. The number of aromatic nitrogens is 3. The Labute approximate surface area is 216 Å². The van der Waals surface area contributed by atoms with Gasteiger partial charge < -0.3 is 14.4 Å². The van der Waals surface area contributed by atoms with Gasteiger partial charge in [0.1, 0.15) is 0 Å². The molecule has 0 radical (unpaired) electrons. The lowest BCUT2D eigenvalue weighted by Gasteiger charge is -2.38. The van der Waals surface area contributed by atoms with Gasteiger partial charge in [-0.1, -0.05) is 12.1 Å². The van der Waals surface area contributed by atoms with Crippen LogP contribution in [0.15, 0.2) is 40.9 Å². The van der Waals surface area contributed by atoms with Gasteiger partial charge in [0.15, 0.2) is 0 Å². The Kier molecular flexibility index (Phi) is 6.41. The summed E-state index contributed by atoms with van der Waals surface area (Å²) < 4.78 is 30.4. The fourth-order valence-corrected chi connectivity index (χ4v) is 5.02. The van der Waals surface area contributed by atoms with Gasteiger partial charge in [0.05, 0.1) is 23.2 Å². The smallest absolute Gasteiger partial charge is 0.407 e. The third kappa shape index (κ3) is 4.50. The summed E-state index contributed by atoms with van der Waals surface area (Å²) in [5.74, 6) is -1.58. The molecular weight excluding hydrogens is 500 g/mol. The number of imide groups is 1. The number of rotatable bonds is 5. The second kappa shape index (κ2) is 9.58. The fraction of sp³-hybridized carbons (Fsp3) is 0.385. The first-order chi connectivity index (χ1) is 18.1. The van der Waals surface area contributed by atoms with E-state index in [2.05, 4.69) is 15.2 Å². The maximum Gasteiger partial charge on any atom is 0.407 e. The molecule has 0 bridgehead atoms. The number of carboxylic acid groups (broad SMARTS) is 1. The standard InChI is InChI=1S/C26H25F2N5O5/c1-26(2)19-6-4-15(14-7-9-32(10-8-14)25(36)37)11-18(19)23(34)33(24(26)35)13-17-5-3-16(12-29-17)21-30-31-22(38-21)20(27)28/h3-6,11-12,14,20H,7-10,13H2,1-2H3,(H,36,37). The number of fused-ring (bicyclic) bond motifs is 1. The van der Waals surface area contributed by atoms with Crippen molar-refractivity contribution < 1.29 is 32.7 Å². The Morgan fingerprint density at radius 1 is 1.16 bits per heavy atom. The number of hydrogen-bond donors (Lipinski definition) is 1. The predicted octanol–water partition coefficient (Wildman–Crippen LogP) is 4.39. The zero-order valence-corrected chi connectivity index (χ0v) is 20.7. The summed E-state index contributed by atoms with van der Waals surface area (Å²) in [6.45, 7) is 4.32. The van der Waals surface area contributed by atoms with Gasteiger partial charge in [-0.25, -0.2) is 4.79 Å². The van der Waals surface area contributed by atoms with E-state index in [1.165, 1.54) is 16.0 Å². The number of alkyl halides is 2. The van der Waals surface area contributed by atoms with Gasteiger partial charge in [-0.2, -0.15) is 8.78 Å². The Balaban J connectivity index is 1.37. The number of benzene rings is 1. The monoisotopic (exact) mass is 525 g/mol. The van der Waals surface area contributed by atoms with Gasteiger partial charge in [0.2, 0.25) is 11.8 Å². The average Bonchev–Trinajstić information content (AvgIpc) is 3.41. The van der Waals surface area contributed by atoms with Crippen molar-refractivity contribution in [2.24, 2.45) is 0 Å². The molecule has 12 heteroatoms. The highest BCUT2D eigenvalue weighted by Gasteiger charge is 2.44. The number of pyridine rings is 1. The van der Waals surface area contributed by atoms with Gasteiger partial charge >= 0.3 is 12.5 Å². The molecule has 0 aliphatic carbocycles. The van der Waals surface area contributed by atoms with Crippen LogP contribution in [0.5, 0.6) is 0 Å². The number of carbonyl (C=O) groups excluding carboxylic acids is 2. The summed E-state index contributed by atoms with van der Waals surface area (Å²) in [5, 5.41) is 16.1. The molecule has 0 atom stereocenters. The lowest BCUT2D eigenvalue weighted by molar-refractivity contribution is -0.134. The van der Waals surface area contributed by atoms with Crippen molar-refractivity contribution in [3.8, 4) is 11.5 Å². The number of amides is 3. The molecule has 3 aromatic rings. The van der Waals surface area contributed by atoms with E-state index in [9.17, 15) is 28.3 Å². The van der Waals surface area contributed by atoms with Gasteiger partial charge in [-0.05, 0) is 61.9 Å². The number of piperidine rings is 1. The minimum absolute atomic E-state index is 0.0752. The number of carbonyl (C=O) groups is 3. The SMILES string of the molecule is CC1(C)C(=O)N(Cc2ccc(-c3nnc(C(F)F)o3)cn2)C(=O)c2cc(C3CCN(C(=O)O)CC3)ccc21. The molecule has 5 rings (SSSR count). The highest BCUT2D eigenvalue weighted by atomic mass is 19.3. The highest BCUT2D eigenvalue weighted by Crippen LogP contribution is 2.38. The fourth-order valence-electron chi connectivity index (χ4n) is 5.02. The van der Waals surface area contributed by atoms with Crippen LogP contribution in [-0.2, 0) is 16.8 Å². The molecule has 1 fully saturated rings. The van der Waals surface area contributed by atoms with Crippen molar-refractivity contribution in [2.75, 3.05) is 13.1 Å². The van der Waals surface area contributed by atoms with Crippen LogP contribution < -0.4 is 0 Å². The van der Waals surface area contributed by atoms with Crippen molar-refractivity contribution >= 4 is 17.9 Å². The van der Waals surface area contributed by atoms with Crippen LogP contribution in [0.1, 0.15) is 72.1 Å². The quantitative estimate of drug-likeness (QED) is 0.486. The van der Waals surface area contributed by atoms with Crippen LogP contribution in [0.4, 0.5) is 13.6 Å². The van der Waals surface area contributed by atoms with Gasteiger partial charge in [-0.3, -0.25) is 19.5 Å². The van der Waals surface area contributed by atoms with Crippen LogP contribution in [0.3, 0.4) is 0 Å². The molecule has 4 heterocycles. The maximum atomic E-state index is 13.5. The maximum absolute atomic E-state index is 13.5. The summed E-state index contributed by atoms with van der Waals surface area (Å²) in [7, 11) is 0. The molecule has 1 N–H and O–H groups in total. The number of hydrogen-bond acceptors (Lipinski definition) is 7. The van der Waals surface area contributed by atoms with E-state index in [0.717, 1.165) is 5.56 Å². The Bertz CT molecular complexity index is 1400. The van der Waals surface area contributed by atoms with Crippen LogP contribution >= 0.6 is 0 Å². The van der Waals surface area contributed by atoms with Crippen LogP contribution in [0, 0.1) is 0 Å². The second-order valence-electron chi connectivity index (χ2n) is 9.95. The minimum atomic E-state index is -2.89. The molecule has 10 nitrogen and oxygen atoms in total. The van der Waals surface area contributed by atoms with E-state index in [1.54, 1.807) is 26.0 Å².